The van der Waals surface area contributed by atoms with Gasteiger partial charge >= 0.3 is 0 Å². The molecule has 0 spiro atoms. The number of fused-ring (bicyclic) bond motifs is 5. The van der Waals surface area contributed by atoms with Gasteiger partial charge in [0.05, 0.1) is 29.0 Å². The number of anilines is 1. The zero-order valence-corrected chi connectivity index (χ0v) is 12.6. The molecule has 112 valence electrons. The van der Waals surface area contributed by atoms with Crippen LogP contribution in [0, 0.1) is 22.0 Å². The molecule has 3 aliphatic rings. The van der Waals surface area contributed by atoms with Crippen LogP contribution < -0.4 is 4.90 Å². The number of rotatable bonds is 2. The lowest BCUT2D eigenvalue weighted by Crippen LogP contribution is -2.34. The third-order valence-electron chi connectivity index (χ3n) is 4.29. The summed E-state index contributed by atoms with van der Waals surface area (Å²) >= 11 is 3.16. The van der Waals surface area contributed by atoms with E-state index in [0.717, 1.165) is 4.90 Å². The summed E-state index contributed by atoms with van der Waals surface area (Å²) in [5.74, 6) is -2.02. The lowest BCUT2D eigenvalue weighted by atomic mass is 9.85. The summed E-state index contributed by atoms with van der Waals surface area (Å²) < 4.78 is 6.05. The Bertz CT molecular complexity index is 732. The Morgan fingerprint density at radius 1 is 1.14 bits per heavy atom. The predicted molar refractivity (Wildman–Crippen MR) is 78.1 cm³/mol. The van der Waals surface area contributed by atoms with Crippen molar-refractivity contribution in [1.82, 2.24) is 0 Å². The van der Waals surface area contributed by atoms with Crippen LogP contribution in [-0.2, 0) is 14.3 Å². The van der Waals surface area contributed by atoms with Crippen LogP contribution in [0.2, 0.25) is 0 Å². The Hall–Kier alpha value is -2.06. The Balaban J connectivity index is 1.81. The van der Waals surface area contributed by atoms with Gasteiger partial charge in [0.15, 0.2) is 0 Å². The second-order valence-corrected chi connectivity index (χ2v) is 6.32. The first-order chi connectivity index (χ1) is 10.5. The predicted octanol–water partition coefficient (Wildman–Crippen LogP) is 1.80. The normalized spacial score (nSPS) is 32.0. The summed E-state index contributed by atoms with van der Waals surface area (Å²) in [6.07, 6.45) is 2.73. The molecule has 2 fully saturated rings. The van der Waals surface area contributed by atoms with E-state index in [9.17, 15) is 19.7 Å². The van der Waals surface area contributed by atoms with Crippen LogP contribution in [0.4, 0.5) is 11.4 Å². The topological polar surface area (TPSA) is 89.8 Å². The first-order valence-electron chi connectivity index (χ1n) is 6.64. The molecule has 4 rings (SSSR count). The van der Waals surface area contributed by atoms with Gasteiger partial charge in [-0.1, -0.05) is 28.1 Å². The molecular weight excluding hydrogens is 356 g/mol. The molecule has 1 aromatic carbocycles. The molecule has 0 unspecified atom stereocenters. The van der Waals surface area contributed by atoms with Crippen molar-refractivity contribution in [3.63, 3.8) is 0 Å². The number of nitrogens with zero attached hydrogens (tertiary/aromatic N) is 2. The van der Waals surface area contributed by atoms with Gasteiger partial charge in [0.1, 0.15) is 5.69 Å². The number of hydrogen-bond donors (Lipinski definition) is 0. The molecule has 0 radical (unpaired) electrons. The molecule has 2 amide bonds. The highest BCUT2D eigenvalue weighted by atomic mass is 79.9. The minimum absolute atomic E-state index is 0.0111. The zero-order valence-electron chi connectivity index (χ0n) is 11.0. The fraction of sp³-hybridized carbons (Fsp3) is 0.286. The standard InChI is InChI=1S/C14H9BrN2O5/c15-6-1-2-7(8(5-6)17(20)21)16-13(18)11-9-3-4-10(22-9)12(11)14(16)19/h1-5,9-12H/t9-,10-,11-,12-/m1/s1. The van der Waals surface area contributed by atoms with E-state index in [-0.39, 0.29) is 11.4 Å². The van der Waals surface area contributed by atoms with Crippen molar-refractivity contribution in [2.75, 3.05) is 4.90 Å². The smallest absolute Gasteiger partial charge is 0.294 e. The molecule has 7 nitrogen and oxygen atoms in total. The fourth-order valence-electron chi connectivity index (χ4n) is 3.37. The van der Waals surface area contributed by atoms with Crippen molar-refractivity contribution in [1.29, 1.82) is 0 Å². The minimum Gasteiger partial charge on any atom is -0.365 e. The molecule has 2 bridgehead atoms. The van der Waals surface area contributed by atoms with Gasteiger partial charge < -0.3 is 4.74 Å². The van der Waals surface area contributed by atoms with Crippen molar-refractivity contribution in [3.8, 4) is 0 Å². The van der Waals surface area contributed by atoms with Gasteiger partial charge in [0.25, 0.3) is 5.69 Å². The first-order valence-corrected chi connectivity index (χ1v) is 7.44. The average molecular weight is 365 g/mol. The summed E-state index contributed by atoms with van der Waals surface area (Å²) in [5, 5.41) is 11.2. The van der Waals surface area contributed by atoms with Crippen molar-refractivity contribution < 1.29 is 19.2 Å². The van der Waals surface area contributed by atoms with Crippen molar-refractivity contribution in [2.24, 2.45) is 11.8 Å². The van der Waals surface area contributed by atoms with Gasteiger partial charge in [-0.2, -0.15) is 0 Å². The largest absolute Gasteiger partial charge is 0.365 e. The molecule has 4 atom stereocenters. The molecule has 2 saturated heterocycles. The van der Waals surface area contributed by atoms with Crippen molar-refractivity contribution in [3.05, 3.63) is 44.9 Å². The lowest BCUT2D eigenvalue weighted by Gasteiger charge is -2.17. The highest BCUT2D eigenvalue weighted by Crippen LogP contribution is 2.47. The molecule has 0 aromatic heterocycles. The van der Waals surface area contributed by atoms with Crippen LogP contribution in [-0.4, -0.2) is 28.9 Å². The van der Waals surface area contributed by atoms with Gasteiger partial charge in [-0.15, -0.1) is 0 Å². The van der Waals surface area contributed by atoms with E-state index in [1.54, 1.807) is 18.2 Å². The van der Waals surface area contributed by atoms with Crippen LogP contribution >= 0.6 is 15.9 Å². The fourth-order valence-corrected chi connectivity index (χ4v) is 3.72. The number of carbonyl (C=O) groups excluding carboxylic acids is 2. The van der Waals surface area contributed by atoms with Gasteiger partial charge in [-0.3, -0.25) is 19.7 Å². The average Bonchev–Trinajstić information content (AvgIpc) is 3.14. The van der Waals surface area contributed by atoms with Gasteiger partial charge in [-0.05, 0) is 12.1 Å². The highest BCUT2D eigenvalue weighted by Gasteiger charge is 2.61. The van der Waals surface area contributed by atoms with Crippen LogP contribution in [0.1, 0.15) is 0 Å². The number of ether oxygens (including phenoxy) is 1. The van der Waals surface area contributed by atoms with E-state index < -0.39 is 40.8 Å². The van der Waals surface area contributed by atoms with E-state index in [4.69, 9.17) is 4.74 Å². The first kappa shape index (κ1) is 13.6. The summed E-state index contributed by atoms with van der Waals surface area (Å²) in [5.41, 5.74) is -0.269. The summed E-state index contributed by atoms with van der Waals surface area (Å²) in [7, 11) is 0. The number of nitro groups is 1. The monoisotopic (exact) mass is 364 g/mol. The van der Waals surface area contributed by atoms with Crippen molar-refractivity contribution >= 4 is 39.1 Å². The van der Waals surface area contributed by atoms with Crippen LogP contribution in [0.25, 0.3) is 0 Å². The molecule has 0 aliphatic carbocycles. The molecule has 0 saturated carbocycles. The molecule has 3 aliphatic heterocycles. The minimum atomic E-state index is -0.599. The third kappa shape index (κ3) is 1.65. The number of carbonyl (C=O) groups is 2. The number of nitro benzene ring substituents is 1. The highest BCUT2D eigenvalue weighted by molar-refractivity contribution is 9.10. The van der Waals surface area contributed by atoms with Crippen LogP contribution in [0.15, 0.2) is 34.8 Å². The molecule has 1 aromatic rings. The third-order valence-corrected chi connectivity index (χ3v) is 4.78. The molecule has 3 heterocycles. The van der Waals surface area contributed by atoms with E-state index in [1.807, 2.05) is 0 Å². The summed E-state index contributed by atoms with van der Waals surface area (Å²) in [4.78, 5) is 36.8. The van der Waals surface area contributed by atoms with Gasteiger partial charge in [0, 0.05) is 10.5 Å². The maximum absolute atomic E-state index is 12.6. The Morgan fingerprint density at radius 3 is 2.27 bits per heavy atom. The van der Waals surface area contributed by atoms with E-state index in [2.05, 4.69) is 15.9 Å². The Morgan fingerprint density at radius 2 is 1.73 bits per heavy atom. The maximum Gasteiger partial charge on any atom is 0.294 e. The number of benzene rings is 1. The Kier molecular flexibility index (Phi) is 2.76. The zero-order chi connectivity index (χ0) is 15.6. The quantitative estimate of drug-likeness (QED) is 0.345. The summed E-state index contributed by atoms with van der Waals surface area (Å²) in [6.45, 7) is 0. The van der Waals surface area contributed by atoms with Crippen molar-refractivity contribution in [2.45, 2.75) is 12.2 Å². The summed E-state index contributed by atoms with van der Waals surface area (Å²) in [6, 6.07) is 4.27. The number of hydrogen-bond acceptors (Lipinski definition) is 5. The van der Waals surface area contributed by atoms with Crippen LogP contribution in [0.5, 0.6) is 0 Å². The number of halogens is 1. The second kappa shape index (κ2) is 4.47. The van der Waals surface area contributed by atoms with E-state index in [0.29, 0.717) is 4.47 Å². The molecule has 0 N–H and O–H groups in total. The number of imide groups is 1. The molecule has 22 heavy (non-hydrogen) atoms. The lowest BCUT2D eigenvalue weighted by molar-refractivity contribution is -0.384. The number of amides is 2. The Labute approximate surface area is 132 Å². The second-order valence-electron chi connectivity index (χ2n) is 5.40. The van der Waals surface area contributed by atoms with E-state index in [1.165, 1.54) is 12.1 Å². The SMILES string of the molecule is O=C1[C@H]2[C@H](C(=O)N1c1ccc(Br)cc1[N+](=O)[O-])[C@H]1C=C[C@H]2O1. The maximum atomic E-state index is 12.6. The van der Waals surface area contributed by atoms with Gasteiger partial charge in [-0.25, -0.2) is 4.90 Å². The van der Waals surface area contributed by atoms with E-state index >= 15 is 0 Å². The van der Waals surface area contributed by atoms with Gasteiger partial charge in [0.2, 0.25) is 11.8 Å². The molecule has 8 heteroatoms. The van der Waals surface area contributed by atoms with Crippen LogP contribution in [0.3, 0.4) is 0 Å². The molecular formula is C14H9BrN2O5.